The van der Waals surface area contributed by atoms with Gasteiger partial charge in [-0.3, -0.25) is 9.59 Å². The number of alkyl halides is 3. The monoisotopic (exact) mass is 391 g/mol. The SMILES string of the molecule is CC(=O)c1ccccc1NC(=O)COC(=O)C=Cc1cccc(C(F)(F)F)c1. The maximum absolute atomic E-state index is 12.7. The number of benzene rings is 2. The molecule has 1 amide bonds. The first-order chi connectivity index (χ1) is 13.2. The summed E-state index contributed by atoms with van der Waals surface area (Å²) >= 11 is 0. The molecule has 0 aromatic heterocycles. The highest BCUT2D eigenvalue weighted by atomic mass is 19.4. The smallest absolute Gasteiger partial charge is 0.416 e. The van der Waals surface area contributed by atoms with Crippen molar-refractivity contribution in [2.24, 2.45) is 0 Å². The summed E-state index contributed by atoms with van der Waals surface area (Å²) in [5.41, 5.74) is -0.0830. The minimum atomic E-state index is -4.49. The Balaban J connectivity index is 1.91. The van der Waals surface area contributed by atoms with Crippen LogP contribution in [-0.4, -0.2) is 24.3 Å². The highest BCUT2D eigenvalue weighted by Gasteiger charge is 2.30. The van der Waals surface area contributed by atoms with Gasteiger partial charge in [0.15, 0.2) is 12.4 Å². The van der Waals surface area contributed by atoms with Crippen molar-refractivity contribution in [3.05, 3.63) is 71.3 Å². The highest BCUT2D eigenvalue weighted by molar-refractivity contribution is 6.04. The first-order valence-corrected chi connectivity index (χ1v) is 8.09. The van der Waals surface area contributed by atoms with Gasteiger partial charge in [-0.15, -0.1) is 0 Å². The number of Topliss-reactive ketones (excluding diaryl/α,β-unsaturated/α-hetero) is 1. The van der Waals surface area contributed by atoms with Crippen LogP contribution < -0.4 is 5.32 Å². The van der Waals surface area contributed by atoms with Crippen molar-refractivity contribution < 1.29 is 32.3 Å². The molecule has 0 heterocycles. The van der Waals surface area contributed by atoms with E-state index < -0.39 is 30.2 Å². The van der Waals surface area contributed by atoms with Crippen molar-refractivity contribution in [1.29, 1.82) is 0 Å². The lowest BCUT2D eigenvalue weighted by molar-refractivity contribution is -0.142. The molecule has 28 heavy (non-hydrogen) atoms. The molecule has 0 saturated carbocycles. The van der Waals surface area contributed by atoms with Crippen LogP contribution in [0.3, 0.4) is 0 Å². The lowest BCUT2D eigenvalue weighted by Gasteiger charge is -2.09. The predicted molar refractivity (Wildman–Crippen MR) is 96.5 cm³/mol. The Morgan fingerprint density at radius 1 is 1.07 bits per heavy atom. The molecule has 0 aliphatic carbocycles. The minimum Gasteiger partial charge on any atom is -0.452 e. The summed E-state index contributed by atoms with van der Waals surface area (Å²) in [5, 5.41) is 2.46. The second kappa shape index (κ2) is 8.98. The Kier molecular flexibility index (Phi) is 6.70. The zero-order chi connectivity index (χ0) is 20.7. The van der Waals surface area contributed by atoms with Crippen molar-refractivity contribution in [3.63, 3.8) is 0 Å². The lowest BCUT2D eigenvalue weighted by atomic mass is 10.1. The molecular formula is C20H16F3NO4. The van der Waals surface area contributed by atoms with E-state index in [0.717, 1.165) is 24.3 Å². The van der Waals surface area contributed by atoms with Crippen molar-refractivity contribution in [2.45, 2.75) is 13.1 Å². The quantitative estimate of drug-likeness (QED) is 0.457. The third-order valence-corrected chi connectivity index (χ3v) is 3.55. The number of carbonyl (C=O) groups is 3. The fourth-order valence-corrected chi connectivity index (χ4v) is 2.25. The van der Waals surface area contributed by atoms with E-state index in [9.17, 15) is 27.6 Å². The molecule has 5 nitrogen and oxygen atoms in total. The number of nitrogens with one attached hydrogen (secondary N) is 1. The van der Waals surface area contributed by atoms with Crippen LogP contribution in [0.2, 0.25) is 0 Å². The topological polar surface area (TPSA) is 72.5 Å². The predicted octanol–water partition coefficient (Wildman–Crippen LogP) is 4.10. The van der Waals surface area contributed by atoms with Crippen LogP contribution in [0.25, 0.3) is 6.08 Å². The van der Waals surface area contributed by atoms with Crippen LogP contribution in [0.5, 0.6) is 0 Å². The molecule has 2 rings (SSSR count). The van der Waals surface area contributed by atoms with Gasteiger partial charge in [0, 0.05) is 11.6 Å². The molecule has 0 unspecified atom stereocenters. The van der Waals surface area contributed by atoms with Crippen molar-refractivity contribution in [2.75, 3.05) is 11.9 Å². The van der Waals surface area contributed by atoms with Gasteiger partial charge in [0.2, 0.25) is 0 Å². The van der Waals surface area contributed by atoms with Crippen molar-refractivity contribution in [3.8, 4) is 0 Å². The van der Waals surface area contributed by atoms with Gasteiger partial charge in [-0.05, 0) is 42.8 Å². The first-order valence-electron chi connectivity index (χ1n) is 8.09. The number of ether oxygens (including phenoxy) is 1. The molecule has 1 N–H and O–H groups in total. The minimum absolute atomic E-state index is 0.159. The van der Waals surface area contributed by atoms with E-state index in [-0.39, 0.29) is 17.0 Å². The Hall–Kier alpha value is -3.42. The Bertz CT molecular complexity index is 920. The second-order valence-corrected chi connectivity index (χ2v) is 5.71. The van der Waals surface area contributed by atoms with Crippen LogP contribution in [0.15, 0.2) is 54.6 Å². The van der Waals surface area contributed by atoms with E-state index in [2.05, 4.69) is 5.32 Å². The van der Waals surface area contributed by atoms with Crippen molar-refractivity contribution >= 4 is 29.4 Å². The summed E-state index contributed by atoms with van der Waals surface area (Å²) in [6.45, 7) is 0.738. The molecule has 0 fully saturated rings. The molecule has 0 bridgehead atoms. The van der Waals surface area contributed by atoms with Gasteiger partial charge in [0.25, 0.3) is 5.91 Å². The van der Waals surface area contributed by atoms with E-state index in [1.54, 1.807) is 18.2 Å². The van der Waals surface area contributed by atoms with Crippen LogP contribution >= 0.6 is 0 Å². The zero-order valence-corrected chi connectivity index (χ0v) is 14.7. The van der Waals surface area contributed by atoms with E-state index in [0.29, 0.717) is 5.56 Å². The van der Waals surface area contributed by atoms with Gasteiger partial charge < -0.3 is 10.1 Å². The fraction of sp³-hybridized carbons (Fsp3) is 0.150. The molecule has 0 radical (unpaired) electrons. The van der Waals surface area contributed by atoms with E-state index in [1.165, 1.54) is 25.1 Å². The molecule has 2 aromatic carbocycles. The number of ketones is 1. The zero-order valence-electron chi connectivity index (χ0n) is 14.7. The number of esters is 1. The Morgan fingerprint density at radius 3 is 2.46 bits per heavy atom. The van der Waals surface area contributed by atoms with Gasteiger partial charge in [-0.25, -0.2) is 4.79 Å². The summed E-state index contributed by atoms with van der Waals surface area (Å²) in [6, 6.07) is 10.8. The number of hydrogen-bond acceptors (Lipinski definition) is 4. The van der Waals surface area contributed by atoms with Crippen LogP contribution in [0, 0.1) is 0 Å². The number of carbonyl (C=O) groups excluding carboxylic acids is 3. The molecule has 146 valence electrons. The second-order valence-electron chi connectivity index (χ2n) is 5.71. The molecule has 0 spiro atoms. The van der Waals surface area contributed by atoms with Crippen molar-refractivity contribution in [1.82, 2.24) is 0 Å². The number of hydrogen-bond donors (Lipinski definition) is 1. The third-order valence-electron chi connectivity index (χ3n) is 3.55. The molecule has 0 aliphatic heterocycles. The van der Waals surface area contributed by atoms with E-state index in [1.807, 2.05) is 0 Å². The highest BCUT2D eigenvalue weighted by Crippen LogP contribution is 2.29. The fourth-order valence-electron chi connectivity index (χ4n) is 2.25. The molecule has 0 saturated heterocycles. The molecule has 8 heteroatoms. The van der Waals surface area contributed by atoms with E-state index >= 15 is 0 Å². The Morgan fingerprint density at radius 2 is 1.79 bits per heavy atom. The summed E-state index contributed by atoms with van der Waals surface area (Å²) in [7, 11) is 0. The van der Waals surface area contributed by atoms with Gasteiger partial charge in [0.05, 0.1) is 11.3 Å². The number of para-hydroxylation sites is 1. The molecular weight excluding hydrogens is 375 g/mol. The molecule has 0 aliphatic rings. The van der Waals surface area contributed by atoms with Gasteiger partial charge in [-0.2, -0.15) is 13.2 Å². The van der Waals surface area contributed by atoms with Gasteiger partial charge in [-0.1, -0.05) is 24.3 Å². The van der Waals surface area contributed by atoms with Crippen LogP contribution in [0.4, 0.5) is 18.9 Å². The Labute approximate surface area is 158 Å². The number of anilines is 1. The number of halogens is 3. The summed E-state index contributed by atoms with van der Waals surface area (Å²) in [6.07, 6.45) is -2.41. The average Bonchev–Trinajstić information content (AvgIpc) is 2.64. The molecule has 0 atom stereocenters. The normalized spacial score (nSPS) is 11.3. The van der Waals surface area contributed by atoms with Crippen LogP contribution in [0.1, 0.15) is 28.4 Å². The third kappa shape index (κ3) is 6.08. The molecule has 2 aromatic rings. The number of rotatable bonds is 6. The first kappa shape index (κ1) is 20.9. The lowest BCUT2D eigenvalue weighted by Crippen LogP contribution is -2.21. The summed E-state index contributed by atoms with van der Waals surface area (Å²) < 4.78 is 42.7. The largest absolute Gasteiger partial charge is 0.452 e. The van der Waals surface area contributed by atoms with Gasteiger partial charge >= 0.3 is 12.1 Å². The number of amides is 1. The van der Waals surface area contributed by atoms with E-state index in [4.69, 9.17) is 4.74 Å². The standard InChI is InChI=1S/C20H16F3NO4/c1-13(25)16-7-2-3-8-17(16)24-18(26)12-28-19(27)10-9-14-5-4-6-15(11-14)20(21,22)23/h2-11H,12H2,1H3,(H,24,26). The summed E-state index contributed by atoms with van der Waals surface area (Å²) in [5.74, 6) is -1.79. The summed E-state index contributed by atoms with van der Waals surface area (Å²) in [4.78, 5) is 35.0. The maximum Gasteiger partial charge on any atom is 0.416 e. The maximum atomic E-state index is 12.7. The average molecular weight is 391 g/mol. The van der Waals surface area contributed by atoms with Crippen LogP contribution in [-0.2, 0) is 20.5 Å². The van der Waals surface area contributed by atoms with Gasteiger partial charge in [0.1, 0.15) is 0 Å².